The molecule has 0 radical (unpaired) electrons. The molecule has 0 aliphatic carbocycles. The van der Waals surface area contributed by atoms with Gasteiger partial charge in [-0.2, -0.15) is 0 Å². The Bertz CT molecular complexity index is 420. The second-order valence-electron chi connectivity index (χ2n) is 9.34. The maximum Gasteiger partial charge on any atom is 0.309 e. The molecule has 30 heavy (non-hydrogen) atoms. The number of β-amino-alcohol motifs (C(OH)–C–C–N with tert-alkyl or cyclic N) is 1. The number of likely N-dealkylation sites (N-methyl/N-ethyl adjacent to an activating group) is 1. The van der Waals surface area contributed by atoms with Crippen LogP contribution in [0.15, 0.2) is 0 Å². The lowest BCUT2D eigenvalue weighted by molar-refractivity contribution is -0.150. The third-order valence-electron chi connectivity index (χ3n) is 6.85. The van der Waals surface area contributed by atoms with Gasteiger partial charge in [-0.05, 0) is 38.6 Å². The van der Waals surface area contributed by atoms with Crippen molar-refractivity contribution in [1.82, 2.24) is 4.90 Å². The largest absolute Gasteiger partial charge is 0.481 e. The average Bonchev–Trinajstić information content (AvgIpc) is 2.71. The summed E-state index contributed by atoms with van der Waals surface area (Å²) in [6, 6.07) is 0.255. The standard InChI is InChI=1S/C24H47NO5/c1-25-19-23(28)22(24(29)30)18-21(25)15-9-8-14-20(12-6-2-4-10-16-26)13-7-3-5-11-17-27/h20-23,26-28H,2-19H2,1H3,(H,29,30). The highest BCUT2D eigenvalue weighted by atomic mass is 16.4. The number of hydrogen-bond acceptors (Lipinski definition) is 5. The number of piperidine rings is 1. The minimum absolute atomic E-state index is 0.255. The van der Waals surface area contributed by atoms with Crippen molar-refractivity contribution in [3.63, 3.8) is 0 Å². The van der Waals surface area contributed by atoms with E-state index in [1.54, 1.807) is 0 Å². The Morgan fingerprint density at radius 2 is 1.37 bits per heavy atom. The van der Waals surface area contributed by atoms with Gasteiger partial charge in [0.25, 0.3) is 0 Å². The van der Waals surface area contributed by atoms with E-state index in [4.69, 9.17) is 10.2 Å². The Kier molecular flexibility index (Phi) is 15.4. The molecule has 6 nitrogen and oxygen atoms in total. The Hall–Kier alpha value is -0.690. The van der Waals surface area contributed by atoms with Crippen LogP contribution in [-0.4, -0.2) is 70.2 Å². The van der Waals surface area contributed by atoms with Gasteiger partial charge < -0.3 is 25.3 Å². The van der Waals surface area contributed by atoms with Crippen LogP contribution in [-0.2, 0) is 4.79 Å². The summed E-state index contributed by atoms with van der Waals surface area (Å²) in [4.78, 5) is 13.5. The van der Waals surface area contributed by atoms with Crippen LogP contribution in [0, 0.1) is 11.8 Å². The molecule has 0 aromatic carbocycles. The summed E-state index contributed by atoms with van der Waals surface area (Å²) in [6.45, 7) is 1.04. The van der Waals surface area contributed by atoms with Gasteiger partial charge in [0.2, 0.25) is 0 Å². The normalized spacial score (nSPS) is 22.6. The SMILES string of the molecule is CN1CC(O)C(C(=O)O)CC1CCCCC(CCCCCCO)CCCCCCO. The molecular weight excluding hydrogens is 382 g/mol. The summed E-state index contributed by atoms with van der Waals surface area (Å²) in [5, 5.41) is 37.2. The van der Waals surface area contributed by atoms with Gasteiger partial charge in [0, 0.05) is 25.8 Å². The van der Waals surface area contributed by atoms with E-state index in [0.717, 1.165) is 44.4 Å². The van der Waals surface area contributed by atoms with Crippen LogP contribution in [0.2, 0.25) is 0 Å². The predicted molar refractivity (Wildman–Crippen MR) is 120 cm³/mol. The first-order chi connectivity index (χ1) is 14.5. The van der Waals surface area contributed by atoms with Crippen LogP contribution < -0.4 is 0 Å². The first kappa shape index (κ1) is 27.3. The number of carboxylic acids is 1. The molecule has 3 unspecified atom stereocenters. The van der Waals surface area contributed by atoms with Crippen molar-refractivity contribution >= 4 is 5.97 Å². The highest BCUT2D eigenvalue weighted by Gasteiger charge is 2.36. The van der Waals surface area contributed by atoms with Crippen molar-refractivity contribution in [1.29, 1.82) is 0 Å². The van der Waals surface area contributed by atoms with Crippen molar-refractivity contribution in [2.75, 3.05) is 26.8 Å². The summed E-state index contributed by atoms with van der Waals surface area (Å²) in [5.74, 6) is -0.745. The summed E-state index contributed by atoms with van der Waals surface area (Å²) < 4.78 is 0. The zero-order valence-corrected chi connectivity index (χ0v) is 19.2. The smallest absolute Gasteiger partial charge is 0.309 e. The summed E-state index contributed by atoms with van der Waals surface area (Å²) in [5.41, 5.74) is 0. The number of carboxylic acid groups (broad SMARTS) is 1. The minimum atomic E-state index is -0.872. The number of nitrogens with zero attached hydrogens (tertiary/aromatic N) is 1. The zero-order chi connectivity index (χ0) is 22.2. The molecular formula is C24H47NO5. The molecule has 1 fully saturated rings. The Morgan fingerprint density at radius 3 is 1.87 bits per heavy atom. The van der Waals surface area contributed by atoms with Crippen molar-refractivity contribution in [3.05, 3.63) is 0 Å². The van der Waals surface area contributed by atoms with Gasteiger partial charge in [-0.1, -0.05) is 70.6 Å². The van der Waals surface area contributed by atoms with Crippen molar-refractivity contribution in [2.45, 2.75) is 108 Å². The van der Waals surface area contributed by atoms with Crippen molar-refractivity contribution < 1.29 is 25.2 Å². The molecule has 0 spiro atoms. The fourth-order valence-corrected chi connectivity index (χ4v) is 4.85. The van der Waals surface area contributed by atoms with Crippen molar-refractivity contribution in [3.8, 4) is 0 Å². The minimum Gasteiger partial charge on any atom is -0.481 e. The first-order valence-electron chi connectivity index (χ1n) is 12.3. The van der Waals surface area contributed by atoms with Crippen LogP contribution in [0.25, 0.3) is 0 Å². The average molecular weight is 430 g/mol. The number of aliphatic carboxylic acids is 1. The van der Waals surface area contributed by atoms with Gasteiger partial charge in [-0.3, -0.25) is 4.79 Å². The fraction of sp³-hybridized carbons (Fsp3) is 0.958. The molecule has 0 aromatic rings. The van der Waals surface area contributed by atoms with Crippen LogP contribution >= 0.6 is 0 Å². The second-order valence-corrected chi connectivity index (χ2v) is 9.34. The summed E-state index contributed by atoms with van der Waals surface area (Å²) in [7, 11) is 1.99. The quantitative estimate of drug-likeness (QED) is 0.247. The van der Waals surface area contributed by atoms with Gasteiger partial charge in [0.05, 0.1) is 12.0 Å². The van der Waals surface area contributed by atoms with Crippen LogP contribution in [0.5, 0.6) is 0 Å². The lowest BCUT2D eigenvalue weighted by Crippen LogP contribution is -2.50. The number of rotatable bonds is 18. The molecule has 178 valence electrons. The molecule has 0 saturated carbocycles. The predicted octanol–water partition coefficient (Wildman–Crippen LogP) is 3.81. The number of likely N-dealkylation sites (tertiary alicyclic amines) is 1. The van der Waals surface area contributed by atoms with Gasteiger partial charge in [0.1, 0.15) is 0 Å². The molecule has 6 heteroatoms. The van der Waals surface area contributed by atoms with Crippen LogP contribution in [0.4, 0.5) is 0 Å². The molecule has 1 aliphatic heterocycles. The van der Waals surface area contributed by atoms with Gasteiger partial charge in [0.15, 0.2) is 0 Å². The Morgan fingerprint density at radius 1 is 0.867 bits per heavy atom. The Labute approximate surface area is 183 Å². The molecule has 0 bridgehead atoms. The van der Waals surface area contributed by atoms with Gasteiger partial charge in [-0.15, -0.1) is 0 Å². The molecule has 0 aromatic heterocycles. The topological polar surface area (TPSA) is 101 Å². The highest BCUT2D eigenvalue weighted by Crippen LogP contribution is 2.28. The summed E-state index contributed by atoms with van der Waals surface area (Å²) in [6.07, 6.45) is 15.8. The van der Waals surface area contributed by atoms with Gasteiger partial charge >= 0.3 is 5.97 Å². The zero-order valence-electron chi connectivity index (χ0n) is 19.2. The second kappa shape index (κ2) is 16.9. The third kappa shape index (κ3) is 11.6. The monoisotopic (exact) mass is 429 g/mol. The van der Waals surface area contributed by atoms with Crippen LogP contribution in [0.1, 0.15) is 96.3 Å². The van der Waals surface area contributed by atoms with Gasteiger partial charge in [-0.25, -0.2) is 0 Å². The van der Waals surface area contributed by atoms with E-state index in [2.05, 4.69) is 4.90 Å². The van der Waals surface area contributed by atoms with E-state index >= 15 is 0 Å². The van der Waals surface area contributed by atoms with E-state index in [-0.39, 0.29) is 6.04 Å². The van der Waals surface area contributed by atoms with E-state index in [0.29, 0.717) is 26.2 Å². The van der Waals surface area contributed by atoms with E-state index < -0.39 is 18.0 Å². The molecule has 1 aliphatic rings. The number of hydrogen-bond donors (Lipinski definition) is 4. The fourth-order valence-electron chi connectivity index (χ4n) is 4.85. The molecule has 1 rings (SSSR count). The first-order valence-corrected chi connectivity index (χ1v) is 12.3. The number of unbranched alkanes of at least 4 members (excludes halogenated alkanes) is 7. The molecule has 4 N–H and O–H groups in total. The molecule has 0 amide bonds. The van der Waals surface area contributed by atoms with Crippen LogP contribution in [0.3, 0.4) is 0 Å². The molecule has 3 atom stereocenters. The van der Waals surface area contributed by atoms with E-state index in [9.17, 15) is 15.0 Å². The lowest BCUT2D eigenvalue weighted by Gasteiger charge is -2.38. The Balaban J connectivity index is 2.32. The number of aliphatic hydroxyl groups is 3. The summed E-state index contributed by atoms with van der Waals surface area (Å²) >= 11 is 0. The highest BCUT2D eigenvalue weighted by molar-refractivity contribution is 5.71. The maximum absolute atomic E-state index is 11.4. The molecule has 1 saturated heterocycles. The van der Waals surface area contributed by atoms with E-state index in [1.807, 2.05) is 7.05 Å². The third-order valence-corrected chi connectivity index (χ3v) is 6.85. The number of carbonyl (C=O) groups is 1. The number of aliphatic hydroxyl groups excluding tert-OH is 3. The van der Waals surface area contributed by atoms with Crippen molar-refractivity contribution in [2.24, 2.45) is 11.8 Å². The molecule has 1 heterocycles. The lowest BCUT2D eigenvalue weighted by atomic mass is 9.85. The maximum atomic E-state index is 11.4. The van der Waals surface area contributed by atoms with E-state index in [1.165, 1.54) is 51.4 Å².